The Balaban J connectivity index is 2.70. The number of hydrogen-bond acceptors (Lipinski definition) is 2. The standard InChI is InChI=1S/C7H9BO2/c1-6-3-2-4-7(5-6)8(9)10/h2-4,9-10H,1,5H2. The summed E-state index contributed by atoms with van der Waals surface area (Å²) in [6.45, 7) is 3.70. The van der Waals surface area contributed by atoms with Crippen LogP contribution in [0.15, 0.2) is 35.9 Å². The van der Waals surface area contributed by atoms with E-state index in [1.807, 2.05) is 6.08 Å². The summed E-state index contributed by atoms with van der Waals surface area (Å²) in [5.41, 5.74) is 1.51. The zero-order valence-corrected chi connectivity index (χ0v) is 5.62. The summed E-state index contributed by atoms with van der Waals surface area (Å²) < 4.78 is 0. The summed E-state index contributed by atoms with van der Waals surface area (Å²) in [5.74, 6) is 0. The Morgan fingerprint density at radius 2 is 2.20 bits per heavy atom. The molecule has 10 heavy (non-hydrogen) atoms. The summed E-state index contributed by atoms with van der Waals surface area (Å²) in [6.07, 6.45) is 5.87. The van der Waals surface area contributed by atoms with Crippen LogP contribution in [-0.2, 0) is 0 Å². The van der Waals surface area contributed by atoms with Crippen molar-refractivity contribution in [3.63, 3.8) is 0 Å². The monoisotopic (exact) mass is 136 g/mol. The van der Waals surface area contributed by atoms with Crippen molar-refractivity contribution in [3.05, 3.63) is 35.9 Å². The Bertz CT molecular complexity index is 204. The van der Waals surface area contributed by atoms with E-state index in [-0.39, 0.29) is 0 Å². The topological polar surface area (TPSA) is 40.5 Å². The molecular formula is C7H9BO2. The minimum absolute atomic E-state index is 0.564. The summed E-state index contributed by atoms with van der Waals surface area (Å²) in [6, 6.07) is 0. The van der Waals surface area contributed by atoms with Crippen LogP contribution in [0, 0.1) is 0 Å². The molecule has 1 aliphatic rings. The van der Waals surface area contributed by atoms with E-state index in [2.05, 4.69) is 6.58 Å². The summed E-state index contributed by atoms with van der Waals surface area (Å²) >= 11 is 0. The summed E-state index contributed by atoms with van der Waals surface area (Å²) in [5, 5.41) is 17.4. The molecular weight excluding hydrogens is 127 g/mol. The molecule has 0 fully saturated rings. The molecule has 0 atom stereocenters. The molecule has 2 N–H and O–H groups in total. The van der Waals surface area contributed by atoms with E-state index in [9.17, 15) is 0 Å². The lowest BCUT2D eigenvalue weighted by Crippen LogP contribution is -2.16. The first-order valence-electron chi connectivity index (χ1n) is 3.11. The average Bonchev–Trinajstić information content (AvgIpc) is 1.88. The van der Waals surface area contributed by atoms with Gasteiger partial charge in [0, 0.05) is 0 Å². The quantitative estimate of drug-likeness (QED) is 0.513. The fourth-order valence-electron chi connectivity index (χ4n) is 0.865. The van der Waals surface area contributed by atoms with Crippen molar-refractivity contribution in [3.8, 4) is 0 Å². The molecule has 0 amide bonds. The molecule has 3 heteroatoms. The van der Waals surface area contributed by atoms with E-state index < -0.39 is 7.12 Å². The third-order valence-electron chi connectivity index (χ3n) is 1.41. The van der Waals surface area contributed by atoms with Gasteiger partial charge in [-0.1, -0.05) is 30.4 Å². The Hall–Kier alpha value is -0.795. The molecule has 0 aromatic heterocycles. The van der Waals surface area contributed by atoms with E-state index >= 15 is 0 Å². The van der Waals surface area contributed by atoms with Crippen molar-refractivity contribution >= 4 is 7.12 Å². The van der Waals surface area contributed by atoms with Crippen molar-refractivity contribution in [2.45, 2.75) is 6.42 Å². The molecule has 0 heterocycles. The lowest BCUT2D eigenvalue weighted by Gasteiger charge is -2.08. The van der Waals surface area contributed by atoms with Gasteiger partial charge in [-0.15, -0.1) is 0 Å². The van der Waals surface area contributed by atoms with Crippen molar-refractivity contribution in [2.75, 3.05) is 0 Å². The van der Waals surface area contributed by atoms with Crippen molar-refractivity contribution in [1.29, 1.82) is 0 Å². The molecule has 52 valence electrons. The number of rotatable bonds is 1. The lowest BCUT2D eigenvalue weighted by atomic mass is 9.74. The van der Waals surface area contributed by atoms with Gasteiger partial charge in [0.15, 0.2) is 0 Å². The molecule has 0 saturated carbocycles. The van der Waals surface area contributed by atoms with Crippen LogP contribution in [0.5, 0.6) is 0 Å². The van der Waals surface area contributed by atoms with Gasteiger partial charge in [-0.3, -0.25) is 0 Å². The fourth-order valence-corrected chi connectivity index (χ4v) is 0.865. The number of hydrogen-bond donors (Lipinski definition) is 2. The maximum atomic E-state index is 8.71. The highest BCUT2D eigenvalue weighted by Crippen LogP contribution is 2.15. The maximum Gasteiger partial charge on any atom is 0.484 e. The third-order valence-corrected chi connectivity index (χ3v) is 1.41. The van der Waals surface area contributed by atoms with Gasteiger partial charge >= 0.3 is 7.12 Å². The van der Waals surface area contributed by atoms with Crippen molar-refractivity contribution in [1.82, 2.24) is 0 Å². The molecule has 1 rings (SSSR count). The molecule has 0 radical (unpaired) electrons. The van der Waals surface area contributed by atoms with Crippen LogP contribution >= 0.6 is 0 Å². The van der Waals surface area contributed by atoms with Crippen LogP contribution in [0.25, 0.3) is 0 Å². The molecule has 0 spiro atoms. The predicted molar refractivity (Wildman–Crippen MR) is 41.2 cm³/mol. The van der Waals surface area contributed by atoms with Gasteiger partial charge in [0.2, 0.25) is 0 Å². The van der Waals surface area contributed by atoms with Crippen molar-refractivity contribution in [2.24, 2.45) is 0 Å². The van der Waals surface area contributed by atoms with Crippen LogP contribution in [0.1, 0.15) is 6.42 Å². The second-order valence-corrected chi connectivity index (χ2v) is 2.31. The van der Waals surface area contributed by atoms with Gasteiger partial charge in [0.05, 0.1) is 0 Å². The molecule has 2 nitrogen and oxygen atoms in total. The van der Waals surface area contributed by atoms with Gasteiger partial charge in [-0.2, -0.15) is 0 Å². The Morgan fingerprint density at radius 1 is 1.50 bits per heavy atom. The van der Waals surface area contributed by atoms with Crippen LogP contribution in [0.3, 0.4) is 0 Å². The van der Waals surface area contributed by atoms with Crippen molar-refractivity contribution < 1.29 is 10.0 Å². The summed E-state index contributed by atoms with van der Waals surface area (Å²) in [7, 11) is -1.33. The molecule has 0 bridgehead atoms. The third kappa shape index (κ3) is 1.59. The fraction of sp³-hybridized carbons (Fsp3) is 0.143. The van der Waals surface area contributed by atoms with Gasteiger partial charge in [0.1, 0.15) is 0 Å². The van der Waals surface area contributed by atoms with Crippen LogP contribution in [0.4, 0.5) is 0 Å². The van der Waals surface area contributed by atoms with Gasteiger partial charge < -0.3 is 10.0 Å². The SMILES string of the molecule is C=C1C=CC=C(B(O)O)C1. The van der Waals surface area contributed by atoms with Gasteiger partial charge in [-0.05, 0) is 11.9 Å². The minimum atomic E-state index is -1.33. The van der Waals surface area contributed by atoms with E-state index in [4.69, 9.17) is 10.0 Å². The largest absolute Gasteiger partial charge is 0.484 e. The van der Waals surface area contributed by atoms with Gasteiger partial charge in [-0.25, -0.2) is 0 Å². The molecule has 0 aromatic rings. The molecule has 0 aliphatic heterocycles. The van der Waals surface area contributed by atoms with E-state index in [0.29, 0.717) is 11.9 Å². The zero-order valence-electron chi connectivity index (χ0n) is 5.62. The van der Waals surface area contributed by atoms with E-state index in [1.165, 1.54) is 0 Å². The Labute approximate surface area is 60.3 Å². The Morgan fingerprint density at radius 3 is 2.60 bits per heavy atom. The second kappa shape index (κ2) is 2.86. The van der Waals surface area contributed by atoms with Crippen LogP contribution < -0.4 is 0 Å². The molecule has 0 unspecified atom stereocenters. The smallest absolute Gasteiger partial charge is 0.423 e. The minimum Gasteiger partial charge on any atom is -0.423 e. The van der Waals surface area contributed by atoms with Crippen LogP contribution in [-0.4, -0.2) is 17.2 Å². The highest BCUT2D eigenvalue weighted by molar-refractivity contribution is 6.50. The maximum absolute atomic E-state index is 8.71. The molecule has 0 aromatic carbocycles. The van der Waals surface area contributed by atoms with Crippen LogP contribution in [0.2, 0.25) is 0 Å². The highest BCUT2D eigenvalue weighted by Gasteiger charge is 2.15. The number of allylic oxidation sites excluding steroid dienone is 5. The Kier molecular flexibility index (Phi) is 2.09. The van der Waals surface area contributed by atoms with E-state index in [1.54, 1.807) is 12.2 Å². The zero-order chi connectivity index (χ0) is 7.56. The van der Waals surface area contributed by atoms with E-state index in [0.717, 1.165) is 5.57 Å². The predicted octanol–water partition coefficient (Wildman–Crippen LogP) is 0.441. The van der Waals surface area contributed by atoms with Gasteiger partial charge in [0.25, 0.3) is 0 Å². The first kappa shape index (κ1) is 7.31. The first-order chi connectivity index (χ1) is 4.70. The molecule has 0 saturated heterocycles. The molecule has 1 aliphatic carbocycles. The lowest BCUT2D eigenvalue weighted by molar-refractivity contribution is 0.417. The highest BCUT2D eigenvalue weighted by atomic mass is 16.4. The summed E-state index contributed by atoms with van der Waals surface area (Å²) in [4.78, 5) is 0. The average molecular weight is 136 g/mol. The normalized spacial score (nSPS) is 17.0. The second-order valence-electron chi connectivity index (χ2n) is 2.31. The first-order valence-corrected chi connectivity index (χ1v) is 3.11.